The quantitative estimate of drug-likeness (QED) is 0.821. The van der Waals surface area contributed by atoms with E-state index in [2.05, 4.69) is 0 Å². The molecule has 0 radical (unpaired) electrons. The van der Waals surface area contributed by atoms with Crippen LogP contribution in [0.4, 0.5) is 4.39 Å². The van der Waals surface area contributed by atoms with Crippen LogP contribution in [0.5, 0.6) is 0 Å². The maximum absolute atomic E-state index is 13.4. The van der Waals surface area contributed by atoms with Crippen molar-refractivity contribution in [3.63, 3.8) is 0 Å². The molecule has 4 heteroatoms. The fourth-order valence-electron chi connectivity index (χ4n) is 2.75. The average Bonchev–Trinajstić information content (AvgIpc) is 2.69. The fourth-order valence-corrected chi connectivity index (χ4v) is 2.75. The van der Waals surface area contributed by atoms with Crippen LogP contribution in [0.25, 0.3) is 0 Å². The lowest BCUT2D eigenvalue weighted by molar-refractivity contribution is -0.902. The van der Waals surface area contributed by atoms with Crippen LogP contribution in [-0.4, -0.2) is 37.5 Å². The average molecular weight is 282 g/mol. The topological polar surface area (TPSA) is 33.9 Å². The number of halogens is 1. The highest BCUT2D eigenvalue weighted by molar-refractivity contribution is 5.16. The Morgan fingerprint density at radius 2 is 1.85 bits per heavy atom. The summed E-state index contributed by atoms with van der Waals surface area (Å²) in [5.41, 5.74) is 0.543. The molecule has 1 saturated heterocycles. The Hall–Kier alpha value is -0.970. The zero-order valence-electron chi connectivity index (χ0n) is 12.0. The summed E-state index contributed by atoms with van der Waals surface area (Å²) in [6.07, 6.45) is 4.65. The Labute approximate surface area is 120 Å². The van der Waals surface area contributed by atoms with Crippen molar-refractivity contribution in [2.24, 2.45) is 0 Å². The lowest BCUT2D eigenvalue weighted by atomic mass is 10.2. The summed E-state index contributed by atoms with van der Waals surface area (Å²) in [7, 11) is 0. The largest absolute Gasteiger partial charge is 0.385 e. The van der Waals surface area contributed by atoms with Crippen molar-refractivity contribution in [3.05, 3.63) is 35.6 Å². The lowest BCUT2D eigenvalue weighted by Crippen LogP contribution is -3.13. The van der Waals surface area contributed by atoms with E-state index in [0.29, 0.717) is 5.56 Å². The molecule has 0 bridgehead atoms. The number of hydrogen-bond donors (Lipinski definition) is 2. The van der Waals surface area contributed by atoms with Crippen LogP contribution >= 0.6 is 0 Å². The van der Waals surface area contributed by atoms with E-state index in [1.807, 2.05) is 0 Å². The number of quaternary nitrogens is 1. The third kappa shape index (κ3) is 5.19. The Bertz CT molecular complexity index is 392. The summed E-state index contributed by atoms with van der Waals surface area (Å²) < 4.78 is 18.8. The second-order valence-electron chi connectivity index (χ2n) is 5.63. The number of benzene rings is 1. The van der Waals surface area contributed by atoms with Crippen LogP contribution in [0.15, 0.2) is 24.3 Å². The van der Waals surface area contributed by atoms with Gasteiger partial charge >= 0.3 is 0 Å². The summed E-state index contributed by atoms with van der Waals surface area (Å²) in [6.45, 7) is 3.52. The Kier molecular flexibility index (Phi) is 6.43. The van der Waals surface area contributed by atoms with Crippen molar-refractivity contribution in [3.8, 4) is 0 Å². The monoisotopic (exact) mass is 282 g/mol. The molecule has 0 unspecified atom stereocenters. The van der Waals surface area contributed by atoms with E-state index in [0.717, 1.165) is 19.6 Å². The molecule has 1 aliphatic rings. The van der Waals surface area contributed by atoms with E-state index < -0.39 is 6.10 Å². The van der Waals surface area contributed by atoms with E-state index in [-0.39, 0.29) is 19.0 Å². The number of rotatable bonds is 6. The van der Waals surface area contributed by atoms with Gasteiger partial charge in [0.05, 0.1) is 26.3 Å². The molecule has 0 aliphatic carbocycles. The van der Waals surface area contributed by atoms with E-state index in [1.165, 1.54) is 36.6 Å². The molecule has 1 heterocycles. The third-order valence-corrected chi connectivity index (χ3v) is 3.86. The van der Waals surface area contributed by atoms with Gasteiger partial charge in [-0.15, -0.1) is 0 Å². The van der Waals surface area contributed by atoms with Crippen molar-refractivity contribution >= 4 is 0 Å². The molecular weight excluding hydrogens is 257 g/mol. The minimum Gasteiger partial charge on any atom is -0.385 e. The lowest BCUT2D eigenvalue weighted by Gasteiger charge is -2.20. The number of aliphatic hydroxyl groups excluding tert-OH is 1. The van der Waals surface area contributed by atoms with E-state index >= 15 is 0 Å². The first-order chi connectivity index (χ1) is 9.75. The second-order valence-corrected chi connectivity index (χ2v) is 5.63. The SMILES string of the molecule is O[C@H](COCc1ccccc1F)C[NH+]1CCCCCC1. The molecule has 1 fully saturated rings. The van der Waals surface area contributed by atoms with Crippen LogP contribution < -0.4 is 4.90 Å². The number of nitrogens with one attached hydrogen (secondary N) is 1. The molecule has 3 nitrogen and oxygen atoms in total. The van der Waals surface area contributed by atoms with Crippen molar-refractivity contribution in [1.82, 2.24) is 0 Å². The Morgan fingerprint density at radius 3 is 2.55 bits per heavy atom. The van der Waals surface area contributed by atoms with Gasteiger partial charge in [-0.25, -0.2) is 4.39 Å². The number of likely N-dealkylation sites (tertiary alicyclic amines) is 1. The number of hydrogen-bond acceptors (Lipinski definition) is 2. The molecule has 1 atom stereocenters. The van der Waals surface area contributed by atoms with Gasteiger partial charge in [-0.3, -0.25) is 0 Å². The van der Waals surface area contributed by atoms with Crippen LogP contribution in [-0.2, 0) is 11.3 Å². The van der Waals surface area contributed by atoms with Gasteiger partial charge in [0.15, 0.2) is 0 Å². The van der Waals surface area contributed by atoms with E-state index in [1.54, 1.807) is 18.2 Å². The Balaban J connectivity index is 1.67. The van der Waals surface area contributed by atoms with Crippen LogP contribution in [0.1, 0.15) is 31.2 Å². The van der Waals surface area contributed by atoms with Crippen LogP contribution in [0, 0.1) is 5.82 Å². The van der Waals surface area contributed by atoms with Crippen LogP contribution in [0.2, 0.25) is 0 Å². The van der Waals surface area contributed by atoms with Gasteiger partial charge in [0, 0.05) is 5.56 Å². The van der Waals surface area contributed by atoms with Gasteiger partial charge in [0.1, 0.15) is 18.5 Å². The van der Waals surface area contributed by atoms with Gasteiger partial charge in [-0.1, -0.05) is 18.2 Å². The smallest absolute Gasteiger partial charge is 0.128 e. The molecule has 2 rings (SSSR count). The van der Waals surface area contributed by atoms with Crippen molar-refractivity contribution in [1.29, 1.82) is 0 Å². The molecule has 2 N–H and O–H groups in total. The summed E-state index contributed by atoms with van der Waals surface area (Å²) in [6, 6.07) is 6.59. The third-order valence-electron chi connectivity index (χ3n) is 3.86. The number of ether oxygens (including phenoxy) is 1. The van der Waals surface area contributed by atoms with Gasteiger partial charge in [-0.05, 0) is 31.7 Å². The zero-order valence-corrected chi connectivity index (χ0v) is 12.0. The van der Waals surface area contributed by atoms with Crippen molar-refractivity contribution in [2.75, 3.05) is 26.2 Å². The van der Waals surface area contributed by atoms with Gasteiger partial charge < -0.3 is 14.7 Å². The summed E-state index contributed by atoms with van der Waals surface area (Å²) in [4.78, 5) is 1.46. The predicted molar refractivity (Wildman–Crippen MR) is 76.1 cm³/mol. The second kappa shape index (κ2) is 8.35. The van der Waals surface area contributed by atoms with Gasteiger partial charge in [-0.2, -0.15) is 0 Å². The minimum atomic E-state index is -0.463. The van der Waals surface area contributed by atoms with Crippen LogP contribution in [0.3, 0.4) is 0 Å². The number of aliphatic hydroxyl groups is 1. The molecule has 1 aliphatic heterocycles. The molecule has 0 amide bonds. The molecule has 1 aromatic carbocycles. The highest BCUT2D eigenvalue weighted by atomic mass is 19.1. The highest BCUT2D eigenvalue weighted by Gasteiger charge is 2.17. The molecule has 0 saturated carbocycles. The van der Waals surface area contributed by atoms with Gasteiger partial charge in [0.25, 0.3) is 0 Å². The first kappa shape index (κ1) is 15.4. The summed E-state index contributed by atoms with van der Waals surface area (Å²) in [5, 5.41) is 10.0. The summed E-state index contributed by atoms with van der Waals surface area (Å²) >= 11 is 0. The molecule has 0 aromatic heterocycles. The molecular formula is C16H25FNO2+. The zero-order chi connectivity index (χ0) is 14.2. The van der Waals surface area contributed by atoms with Crippen molar-refractivity contribution < 1.29 is 19.1 Å². The summed E-state index contributed by atoms with van der Waals surface area (Å²) in [5.74, 6) is -0.250. The maximum atomic E-state index is 13.4. The van der Waals surface area contributed by atoms with E-state index in [4.69, 9.17) is 4.74 Å². The normalized spacial score (nSPS) is 18.7. The highest BCUT2D eigenvalue weighted by Crippen LogP contribution is 2.07. The Morgan fingerprint density at radius 1 is 1.15 bits per heavy atom. The molecule has 112 valence electrons. The molecule has 1 aromatic rings. The van der Waals surface area contributed by atoms with E-state index in [9.17, 15) is 9.50 Å². The molecule has 0 spiro atoms. The molecule has 20 heavy (non-hydrogen) atoms. The first-order valence-corrected chi connectivity index (χ1v) is 7.58. The minimum absolute atomic E-state index is 0.221. The fraction of sp³-hybridized carbons (Fsp3) is 0.625. The van der Waals surface area contributed by atoms with Gasteiger partial charge in [0.2, 0.25) is 0 Å². The standard InChI is InChI=1S/C16H24FNO2/c17-16-8-4-3-7-14(16)12-20-13-15(19)11-18-9-5-1-2-6-10-18/h3-4,7-8,15,19H,1-2,5-6,9-13H2/p+1/t15-/m0/s1. The van der Waals surface area contributed by atoms with Crippen molar-refractivity contribution in [2.45, 2.75) is 38.4 Å². The first-order valence-electron chi connectivity index (χ1n) is 7.58. The predicted octanol–water partition coefficient (Wildman–Crippen LogP) is 1.16. The maximum Gasteiger partial charge on any atom is 0.128 e.